The van der Waals surface area contributed by atoms with Gasteiger partial charge in [-0.3, -0.25) is 4.79 Å². The van der Waals surface area contributed by atoms with Gasteiger partial charge in [0, 0.05) is 25.8 Å². The second-order valence-corrected chi connectivity index (χ2v) is 5.17. The smallest absolute Gasteiger partial charge is 0.245 e. The van der Waals surface area contributed by atoms with E-state index in [9.17, 15) is 4.79 Å². The van der Waals surface area contributed by atoms with E-state index in [1.54, 1.807) is 6.07 Å². The number of hydrogen-bond donors (Lipinski definition) is 2. The quantitative estimate of drug-likeness (QED) is 0.824. The summed E-state index contributed by atoms with van der Waals surface area (Å²) in [6.07, 6.45) is 0. The van der Waals surface area contributed by atoms with Crippen LogP contribution in [0.5, 0.6) is 0 Å². The summed E-state index contributed by atoms with van der Waals surface area (Å²) in [5.74, 6) is 1.55. The number of hydrogen-bond acceptors (Lipinski definition) is 6. The molecule has 0 unspecified atom stereocenters. The number of amides is 1. The molecule has 0 bridgehead atoms. The molecule has 1 fully saturated rings. The minimum atomic E-state index is -0.665. The highest BCUT2D eigenvalue weighted by atomic mass is 16.5. The number of nitrogens with zero attached hydrogens (tertiary/aromatic N) is 3. The molecule has 7 heteroatoms. The van der Waals surface area contributed by atoms with E-state index in [1.165, 1.54) is 0 Å². The molecule has 1 amide bonds. The van der Waals surface area contributed by atoms with Gasteiger partial charge in [0.05, 0.1) is 0 Å². The Kier molecular flexibility index (Phi) is 4.08. The number of nitrogens with two attached hydrogens (primary N) is 1. The van der Waals surface area contributed by atoms with Gasteiger partial charge in [-0.05, 0) is 20.8 Å². The minimum Gasteiger partial charge on any atom is -0.384 e. The molecular formula is C13H21N5O2. The summed E-state index contributed by atoms with van der Waals surface area (Å²) in [4.78, 5) is 22.5. The van der Waals surface area contributed by atoms with Crippen LogP contribution < -0.4 is 16.0 Å². The molecular weight excluding hydrogens is 258 g/mol. The second kappa shape index (κ2) is 5.62. The second-order valence-electron chi connectivity index (χ2n) is 5.17. The molecule has 0 aliphatic carbocycles. The number of carbonyl (C=O) groups is 1. The van der Waals surface area contributed by atoms with Gasteiger partial charge >= 0.3 is 0 Å². The summed E-state index contributed by atoms with van der Waals surface area (Å²) >= 11 is 0. The van der Waals surface area contributed by atoms with Gasteiger partial charge in [-0.15, -0.1) is 0 Å². The van der Waals surface area contributed by atoms with E-state index in [1.807, 2.05) is 25.7 Å². The van der Waals surface area contributed by atoms with E-state index < -0.39 is 5.54 Å². The zero-order valence-electron chi connectivity index (χ0n) is 12.1. The molecule has 1 aromatic heterocycles. The summed E-state index contributed by atoms with van der Waals surface area (Å²) in [5, 5.41) is 2.86. The number of ether oxygens (including phenoxy) is 1. The summed E-state index contributed by atoms with van der Waals surface area (Å²) in [6, 6.07) is 1.69. The molecule has 1 aliphatic rings. The lowest BCUT2D eigenvalue weighted by Gasteiger charge is -2.42. The van der Waals surface area contributed by atoms with Crippen LogP contribution in [0.1, 0.15) is 26.6 Å². The summed E-state index contributed by atoms with van der Waals surface area (Å²) < 4.78 is 5.31. The van der Waals surface area contributed by atoms with Crippen molar-refractivity contribution < 1.29 is 9.53 Å². The number of nitrogens with one attached hydrogen (secondary N) is 1. The predicted molar refractivity (Wildman–Crippen MR) is 76.2 cm³/mol. The number of rotatable bonds is 4. The first-order valence-electron chi connectivity index (χ1n) is 6.72. The maximum atomic E-state index is 12.0. The van der Waals surface area contributed by atoms with Crippen LogP contribution in [0.2, 0.25) is 0 Å². The highest BCUT2D eigenvalue weighted by molar-refractivity contribution is 5.90. The highest BCUT2D eigenvalue weighted by Gasteiger charge is 2.38. The first kappa shape index (κ1) is 14.5. The number of carbonyl (C=O) groups excluding carboxylic acids is 1. The third kappa shape index (κ3) is 2.82. The molecule has 0 atom stereocenters. The Morgan fingerprint density at radius 1 is 1.50 bits per heavy atom. The SMILES string of the molecule is CCOCc1nc(N)cc(N2CCNC(=O)C2(C)C)n1. The molecule has 2 heterocycles. The average Bonchev–Trinajstić information content (AvgIpc) is 2.39. The van der Waals surface area contributed by atoms with Crippen LogP contribution in [-0.4, -0.2) is 41.1 Å². The average molecular weight is 279 g/mol. The minimum absolute atomic E-state index is 0.0210. The first-order chi connectivity index (χ1) is 9.45. The van der Waals surface area contributed by atoms with Gasteiger partial charge in [-0.1, -0.05) is 0 Å². The van der Waals surface area contributed by atoms with Crippen molar-refractivity contribution in [3.05, 3.63) is 11.9 Å². The molecule has 20 heavy (non-hydrogen) atoms. The fourth-order valence-electron chi connectivity index (χ4n) is 2.20. The number of anilines is 2. The van der Waals surface area contributed by atoms with E-state index in [0.717, 1.165) is 0 Å². The third-order valence-electron chi connectivity index (χ3n) is 3.34. The molecule has 1 aromatic rings. The molecule has 7 nitrogen and oxygen atoms in total. The standard InChI is InChI=1S/C13H21N5O2/c1-4-20-8-10-16-9(14)7-11(17-10)18-6-5-15-12(19)13(18,2)3/h7H,4-6,8H2,1-3H3,(H,15,19)(H2,14,16,17). The molecule has 3 N–H and O–H groups in total. The Bertz CT molecular complexity index is 504. The van der Waals surface area contributed by atoms with E-state index >= 15 is 0 Å². The monoisotopic (exact) mass is 279 g/mol. The van der Waals surface area contributed by atoms with Crippen LogP contribution in [0, 0.1) is 0 Å². The van der Waals surface area contributed by atoms with Crippen molar-refractivity contribution in [1.29, 1.82) is 0 Å². The van der Waals surface area contributed by atoms with Crippen molar-refractivity contribution in [3.8, 4) is 0 Å². The van der Waals surface area contributed by atoms with Crippen LogP contribution in [0.25, 0.3) is 0 Å². The molecule has 0 radical (unpaired) electrons. The van der Waals surface area contributed by atoms with Crippen LogP contribution >= 0.6 is 0 Å². The molecule has 0 saturated carbocycles. The molecule has 0 spiro atoms. The van der Waals surface area contributed by atoms with Gasteiger partial charge in [0.1, 0.15) is 23.8 Å². The fraction of sp³-hybridized carbons (Fsp3) is 0.615. The fourth-order valence-corrected chi connectivity index (χ4v) is 2.20. The van der Waals surface area contributed by atoms with Crippen molar-refractivity contribution in [2.75, 3.05) is 30.3 Å². The van der Waals surface area contributed by atoms with Crippen molar-refractivity contribution in [3.63, 3.8) is 0 Å². The zero-order valence-corrected chi connectivity index (χ0v) is 12.1. The molecule has 0 aromatic carbocycles. The molecule has 1 saturated heterocycles. The van der Waals surface area contributed by atoms with Crippen LogP contribution in [0.3, 0.4) is 0 Å². The third-order valence-corrected chi connectivity index (χ3v) is 3.34. The normalized spacial score (nSPS) is 17.9. The lowest BCUT2D eigenvalue weighted by atomic mass is 9.99. The Hall–Kier alpha value is -1.89. The first-order valence-corrected chi connectivity index (χ1v) is 6.72. The van der Waals surface area contributed by atoms with E-state index in [0.29, 0.717) is 43.8 Å². The van der Waals surface area contributed by atoms with Crippen LogP contribution in [-0.2, 0) is 16.1 Å². The van der Waals surface area contributed by atoms with Crippen LogP contribution in [0.4, 0.5) is 11.6 Å². The van der Waals surface area contributed by atoms with Crippen molar-refractivity contribution in [2.24, 2.45) is 0 Å². The largest absolute Gasteiger partial charge is 0.384 e. The maximum absolute atomic E-state index is 12.0. The van der Waals surface area contributed by atoms with E-state index in [-0.39, 0.29) is 5.91 Å². The van der Waals surface area contributed by atoms with Gasteiger partial charge in [0.2, 0.25) is 5.91 Å². The molecule has 2 rings (SSSR count). The Labute approximate surface area is 118 Å². The van der Waals surface area contributed by atoms with Crippen molar-refractivity contribution in [2.45, 2.75) is 32.9 Å². The van der Waals surface area contributed by atoms with Gasteiger partial charge < -0.3 is 20.7 Å². The van der Waals surface area contributed by atoms with Crippen molar-refractivity contribution >= 4 is 17.5 Å². The Morgan fingerprint density at radius 3 is 2.95 bits per heavy atom. The van der Waals surface area contributed by atoms with E-state index in [4.69, 9.17) is 10.5 Å². The Morgan fingerprint density at radius 2 is 2.25 bits per heavy atom. The summed E-state index contributed by atoms with van der Waals surface area (Å²) in [5.41, 5.74) is 5.16. The van der Waals surface area contributed by atoms with Gasteiger partial charge in [-0.2, -0.15) is 0 Å². The van der Waals surface area contributed by atoms with Crippen LogP contribution in [0.15, 0.2) is 6.07 Å². The molecule has 1 aliphatic heterocycles. The lowest BCUT2D eigenvalue weighted by Crippen LogP contribution is -2.62. The molecule has 110 valence electrons. The van der Waals surface area contributed by atoms with Crippen molar-refractivity contribution in [1.82, 2.24) is 15.3 Å². The topological polar surface area (TPSA) is 93.4 Å². The summed E-state index contributed by atoms with van der Waals surface area (Å²) in [7, 11) is 0. The van der Waals surface area contributed by atoms with Gasteiger partial charge in [-0.25, -0.2) is 9.97 Å². The van der Waals surface area contributed by atoms with Gasteiger partial charge in [0.25, 0.3) is 0 Å². The number of aromatic nitrogens is 2. The number of nitrogen functional groups attached to an aromatic ring is 1. The summed E-state index contributed by atoms with van der Waals surface area (Å²) in [6.45, 7) is 7.81. The Balaban J connectivity index is 2.31. The lowest BCUT2D eigenvalue weighted by molar-refractivity contribution is -0.126. The maximum Gasteiger partial charge on any atom is 0.245 e. The van der Waals surface area contributed by atoms with Gasteiger partial charge in [0.15, 0.2) is 5.82 Å². The zero-order chi connectivity index (χ0) is 14.8. The predicted octanol–water partition coefficient (Wildman–Crippen LogP) is 0.310. The van der Waals surface area contributed by atoms with E-state index in [2.05, 4.69) is 15.3 Å². The highest BCUT2D eigenvalue weighted by Crippen LogP contribution is 2.25. The number of piperazine rings is 1.